The molecule has 3 aromatic rings. The predicted molar refractivity (Wildman–Crippen MR) is 104 cm³/mol. The number of carbonyl (C=O) groups is 1. The van der Waals surface area contributed by atoms with Gasteiger partial charge in [-0.25, -0.2) is 4.39 Å². The molecule has 3 nitrogen and oxygen atoms in total. The molecule has 26 heavy (non-hydrogen) atoms. The van der Waals surface area contributed by atoms with E-state index in [-0.39, 0.29) is 5.56 Å². The number of hydrogen-bond acceptors (Lipinski definition) is 3. The van der Waals surface area contributed by atoms with Crippen LogP contribution in [-0.2, 0) is 0 Å². The van der Waals surface area contributed by atoms with Crippen molar-refractivity contribution in [1.29, 1.82) is 0 Å². The topological polar surface area (TPSA) is 41.1 Å². The van der Waals surface area contributed by atoms with Crippen LogP contribution in [0.15, 0.2) is 71.6 Å². The third-order valence-corrected chi connectivity index (χ3v) is 5.11. The van der Waals surface area contributed by atoms with Gasteiger partial charge >= 0.3 is 0 Å². The van der Waals surface area contributed by atoms with Gasteiger partial charge < -0.3 is 0 Å². The molecule has 0 bridgehead atoms. The summed E-state index contributed by atoms with van der Waals surface area (Å²) in [4.78, 5) is 16.0. The van der Waals surface area contributed by atoms with E-state index in [1.165, 1.54) is 6.07 Å². The number of rotatable bonds is 5. The molecule has 0 heterocycles. The van der Waals surface area contributed by atoms with E-state index in [9.17, 15) is 9.18 Å². The Morgan fingerprint density at radius 2 is 1.69 bits per heavy atom. The maximum absolute atomic E-state index is 14.3. The lowest BCUT2D eigenvalue weighted by molar-refractivity contribution is 0.0942. The molecule has 2 N–H and O–H groups in total. The van der Waals surface area contributed by atoms with Crippen LogP contribution >= 0.6 is 23.5 Å². The number of halogens is 2. The van der Waals surface area contributed by atoms with Crippen molar-refractivity contribution in [2.45, 2.75) is 11.8 Å². The van der Waals surface area contributed by atoms with Crippen LogP contribution in [0.3, 0.4) is 0 Å². The first-order valence-corrected chi connectivity index (χ1v) is 9.08. The quantitative estimate of drug-likeness (QED) is 0.456. The standard InChI is InChI=1S/C20H16ClFN2OS/c1-13-15(14-7-3-2-4-8-14)11-12-17(22)19(13)20(25)23-24-26-18-10-6-5-9-16(18)21/h2-12,24H,1H3,(H,23,25). The summed E-state index contributed by atoms with van der Waals surface area (Å²) in [6.45, 7) is 1.74. The van der Waals surface area contributed by atoms with Crippen molar-refractivity contribution < 1.29 is 9.18 Å². The highest BCUT2D eigenvalue weighted by Crippen LogP contribution is 2.28. The van der Waals surface area contributed by atoms with Crippen LogP contribution in [0.1, 0.15) is 15.9 Å². The summed E-state index contributed by atoms with van der Waals surface area (Å²) in [7, 11) is 0. The fourth-order valence-electron chi connectivity index (χ4n) is 2.60. The van der Waals surface area contributed by atoms with Gasteiger partial charge in [0, 0.05) is 4.90 Å². The molecule has 0 saturated carbocycles. The van der Waals surface area contributed by atoms with Gasteiger partial charge in [-0.3, -0.25) is 10.2 Å². The highest BCUT2D eigenvalue weighted by molar-refractivity contribution is 7.97. The molecule has 0 aliphatic heterocycles. The second-order valence-corrected chi connectivity index (χ2v) is 6.80. The maximum Gasteiger partial charge on any atom is 0.269 e. The zero-order chi connectivity index (χ0) is 18.5. The van der Waals surface area contributed by atoms with Gasteiger partial charge in [-0.1, -0.05) is 60.1 Å². The summed E-state index contributed by atoms with van der Waals surface area (Å²) in [5, 5.41) is 0.563. The molecule has 132 valence electrons. The first kappa shape index (κ1) is 18.5. The van der Waals surface area contributed by atoms with Crippen LogP contribution in [0.5, 0.6) is 0 Å². The molecule has 0 aromatic heterocycles. The van der Waals surface area contributed by atoms with Crippen molar-refractivity contribution >= 4 is 29.5 Å². The van der Waals surface area contributed by atoms with Crippen LogP contribution in [0.4, 0.5) is 4.39 Å². The molecular weight excluding hydrogens is 371 g/mol. The molecule has 0 radical (unpaired) electrons. The highest BCUT2D eigenvalue weighted by atomic mass is 35.5. The van der Waals surface area contributed by atoms with E-state index in [2.05, 4.69) is 10.3 Å². The summed E-state index contributed by atoms with van der Waals surface area (Å²) in [6, 6.07) is 19.8. The smallest absolute Gasteiger partial charge is 0.269 e. The van der Waals surface area contributed by atoms with Crippen molar-refractivity contribution in [2.24, 2.45) is 0 Å². The monoisotopic (exact) mass is 386 g/mol. The number of hydrazine groups is 1. The van der Waals surface area contributed by atoms with Gasteiger partial charge in [-0.2, -0.15) is 4.83 Å². The van der Waals surface area contributed by atoms with Crippen molar-refractivity contribution in [1.82, 2.24) is 10.3 Å². The summed E-state index contributed by atoms with van der Waals surface area (Å²) in [6.07, 6.45) is 0. The normalized spacial score (nSPS) is 10.6. The van der Waals surface area contributed by atoms with E-state index in [0.717, 1.165) is 28.0 Å². The molecule has 0 aliphatic carbocycles. The Kier molecular flexibility index (Phi) is 5.93. The van der Waals surface area contributed by atoms with E-state index in [1.807, 2.05) is 48.5 Å². The average Bonchev–Trinajstić information content (AvgIpc) is 2.64. The molecule has 1 amide bonds. The number of nitrogens with one attached hydrogen (secondary N) is 2. The maximum atomic E-state index is 14.3. The third-order valence-electron chi connectivity index (χ3n) is 3.89. The molecule has 0 unspecified atom stereocenters. The van der Waals surface area contributed by atoms with Gasteiger partial charge in [0.25, 0.3) is 5.91 Å². The van der Waals surface area contributed by atoms with Gasteiger partial charge in [0.05, 0.1) is 10.6 Å². The summed E-state index contributed by atoms with van der Waals surface area (Å²) < 4.78 is 14.3. The van der Waals surface area contributed by atoms with Gasteiger partial charge in [0.15, 0.2) is 0 Å². The predicted octanol–water partition coefficient (Wildman–Crippen LogP) is 5.40. The minimum atomic E-state index is -0.566. The number of hydrogen-bond donors (Lipinski definition) is 2. The minimum absolute atomic E-state index is 0.0126. The summed E-state index contributed by atoms with van der Waals surface area (Å²) in [5.41, 5.74) is 4.85. The van der Waals surface area contributed by atoms with Crippen molar-refractivity contribution in [2.75, 3.05) is 0 Å². The Balaban J connectivity index is 1.78. The zero-order valence-corrected chi connectivity index (χ0v) is 15.5. The number of amides is 1. The fourth-order valence-corrected chi connectivity index (χ4v) is 3.42. The van der Waals surface area contributed by atoms with Crippen molar-refractivity contribution in [3.8, 4) is 11.1 Å². The lowest BCUT2D eigenvalue weighted by Crippen LogP contribution is -2.33. The average molecular weight is 387 g/mol. The summed E-state index contributed by atoms with van der Waals surface area (Å²) >= 11 is 7.21. The lowest BCUT2D eigenvalue weighted by atomic mass is 9.96. The largest absolute Gasteiger partial charge is 0.277 e. The Hall–Kier alpha value is -2.34. The Morgan fingerprint density at radius 3 is 2.42 bits per heavy atom. The molecule has 0 aliphatic rings. The second kappa shape index (κ2) is 8.36. The molecular formula is C20H16ClFN2OS. The van der Waals surface area contributed by atoms with E-state index < -0.39 is 11.7 Å². The van der Waals surface area contributed by atoms with Gasteiger partial charge in [0.2, 0.25) is 0 Å². The molecule has 0 atom stereocenters. The SMILES string of the molecule is Cc1c(-c2ccccc2)ccc(F)c1C(=O)NNSc1ccccc1Cl. The number of carbonyl (C=O) groups excluding carboxylic acids is 1. The van der Waals surface area contributed by atoms with Crippen LogP contribution in [0.25, 0.3) is 11.1 Å². The molecule has 0 saturated heterocycles. The molecule has 0 spiro atoms. The van der Waals surface area contributed by atoms with E-state index in [1.54, 1.807) is 19.1 Å². The second-order valence-electron chi connectivity index (χ2n) is 5.55. The minimum Gasteiger partial charge on any atom is -0.277 e. The van der Waals surface area contributed by atoms with Gasteiger partial charge in [-0.15, -0.1) is 0 Å². The first-order chi connectivity index (χ1) is 12.6. The highest BCUT2D eigenvalue weighted by Gasteiger charge is 2.18. The fraction of sp³-hybridized carbons (Fsp3) is 0.0500. The zero-order valence-electron chi connectivity index (χ0n) is 13.9. The molecule has 3 aromatic carbocycles. The lowest BCUT2D eigenvalue weighted by Gasteiger charge is -2.13. The number of benzene rings is 3. The van der Waals surface area contributed by atoms with E-state index in [4.69, 9.17) is 11.6 Å². The Labute approximate surface area is 160 Å². The van der Waals surface area contributed by atoms with E-state index >= 15 is 0 Å². The molecule has 0 fully saturated rings. The van der Waals surface area contributed by atoms with Crippen LogP contribution in [0, 0.1) is 12.7 Å². The molecule has 6 heteroatoms. The Bertz CT molecular complexity index is 934. The van der Waals surface area contributed by atoms with Crippen molar-refractivity contribution in [3.63, 3.8) is 0 Å². The molecule has 3 rings (SSSR count). The third kappa shape index (κ3) is 4.07. The van der Waals surface area contributed by atoms with Crippen LogP contribution in [0.2, 0.25) is 5.02 Å². The van der Waals surface area contributed by atoms with Crippen molar-refractivity contribution in [3.05, 3.63) is 88.7 Å². The van der Waals surface area contributed by atoms with Crippen LogP contribution in [-0.4, -0.2) is 5.91 Å². The Morgan fingerprint density at radius 1 is 1.00 bits per heavy atom. The van der Waals surface area contributed by atoms with Gasteiger partial charge in [-0.05, 0) is 53.8 Å². The first-order valence-electron chi connectivity index (χ1n) is 7.89. The van der Waals surface area contributed by atoms with Gasteiger partial charge in [0.1, 0.15) is 5.82 Å². The summed E-state index contributed by atoms with van der Waals surface area (Å²) in [5.74, 6) is -1.11. The van der Waals surface area contributed by atoms with Crippen LogP contribution < -0.4 is 10.3 Å². The van der Waals surface area contributed by atoms with E-state index in [0.29, 0.717) is 10.6 Å².